The minimum atomic E-state index is 0.0937. The molecule has 17 heavy (non-hydrogen) atoms. The number of aryl methyl sites for hydroxylation is 1. The standard InChI is InChI=1S/C11H15N5S/c1-3-4-14-10(9-5-12-7-13-6-9)11-8(2)15-16-17-11/h5-7,10,14H,3-4H2,1-2H3. The molecule has 1 atom stereocenters. The molecule has 0 bridgehead atoms. The summed E-state index contributed by atoms with van der Waals surface area (Å²) in [5.74, 6) is 0. The van der Waals surface area contributed by atoms with Crippen molar-refractivity contribution in [2.75, 3.05) is 6.54 Å². The average Bonchev–Trinajstić information content (AvgIpc) is 2.78. The second kappa shape index (κ2) is 5.79. The summed E-state index contributed by atoms with van der Waals surface area (Å²) in [4.78, 5) is 9.26. The minimum absolute atomic E-state index is 0.0937. The number of nitrogens with one attached hydrogen (secondary N) is 1. The molecule has 0 aliphatic rings. The molecule has 2 aromatic rings. The largest absolute Gasteiger partial charge is 0.305 e. The van der Waals surface area contributed by atoms with Crippen molar-refractivity contribution < 1.29 is 0 Å². The predicted molar refractivity (Wildman–Crippen MR) is 66.8 cm³/mol. The Hall–Kier alpha value is -1.40. The molecule has 6 heteroatoms. The first-order chi connectivity index (χ1) is 8.33. The van der Waals surface area contributed by atoms with Crippen LogP contribution in [0.15, 0.2) is 18.7 Å². The highest BCUT2D eigenvalue weighted by Gasteiger charge is 2.18. The molecule has 2 rings (SSSR count). The van der Waals surface area contributed by atoms with Crippen LogP contribution >= 0.6 is 11.5 Å². The van der Waals surface area contributed by atoms with E-state index in [4.69, 9.17) is 0 Å². The van der Waals surface area contributed by atoms with Crippen molar-refractivity contribution in [3.05, 3.63) is 34.9 Å². The van der Waals surface area contributed by atoms with Gasteiger partial charge in [-0.25, -0.2) is 9.97 Å². The van der Waals surface area contributed by atoms with Gasteiger partial charge in [0.25, 0.3) is 0 Å². The van der Waals surface area contributed by atoms with Gasteiger partial charge in [0.05, 0.1) is 16.6 Å². The van der Waals surface area contributed by atoms with Crippen LogP contribution in [0.3, 0.4) is 0 Å². The van der Waals surface area contributed by atoms with Gasteiger partial charge in [-0.3, -0.25) is 0 Å². The fraction of sp³-hybridized carbons (Fsp3) is 0.455. The molecule has 0 aromatic carbocycles. The van der Waals surface area contributed by atoms with Crippen molar-refractivity contribution in [3.63, 3.8) is 0 Å². The van der Waals surface area contributed by atoms with E-state index >= 15 is 0 Å². The molecule has 5 nitrogen and oxygen atoms in total. The Labute approximate surface area is 104 Å². The van der Waals surface area contributed by atoms with Crippen LogP contribution in [0, 0.1) is 6.92 Å². The number of aromatic nitrogens is 4. The normalized spacial score (nSPS) is 12.6. The predicted octanol–water partition coefficient (Wildman–Crippen LogP) is 1.73. The molecule has 2 aromatic heterocycles. The van der Waals surface area contributed by atoms with Gasteiger partial charge < -0.3 is 5.32 Å². The average molecular weight is 249 g/mol. The Kier molecular flexibility index (Phi) is 4.11. The Morgan fingerprint density at radius 3 is 2.71 bits per heavy atom. The van der Waals surface area contributed by atoms with Crippen LogP contribution in [0.4, 0.5) is 0 Å². The third kappa shape index (κ3) is 2.83. The fourth-order valence-corrected chi connectivity index (χ4v) is 2.36. The number of hydrogen-bond acceptors (Lipinski definition) is 6. The molecule has 0 spiro atoms. The van der Waals surface area contributed by atoms with Crippen molar-refractivity contribution in [1.29, 1.82) is 0 Å². The highest BCUT2D eigenvalue weighted by Crippen LogP contribution is 2.25. The van der Waals surface area contributed by atoms with Gasteiger partial charge in [0.15, 0.2) is 0 Å². The van der Waals surface area contributed by atoms with Crippen molar-refractivity contribution >= 4 is 11.5 Å². The van der Waals surface area contributed by atoms with E-state index < -0.39 is 0 Å². The van der Waals surface area contributed by atoms with E-state index in [0.717, 1.165) is 29.1 Å². The van der Waals surface area contributed by atoms with E-state index in [9.17, 15) is 0 Å². The van der Waals surface area contributed by atoms with E-state index in [1.54, 1.807) is 0 Å². The molecular weight excluding hydrogens is 234 g/mol. The summed E-state index contributed by atoms with van der Waals surface area (Å²) in [6.07, 6.45) is 6.28. The Morgan fingerprint density at radius 2 is 2.12 bits per heavy atom. The molecule has 0 fully saturated rings. The highest BCUT2D eigenvalue weighted by molar-refractivity contribution is 7.05. The topological polar surface area (TPSA) is 63.6 Å². The molecule has 0 aliphatic carbocycles. The zero-order valence-corrected chi connectivity index (χ0v) is 10.7. The highest BCUT2D eigenvalue weighted by atomic mass is 32.1. The van der Waals surface area contributed by atoms with Gasteiger partial charge in [-0.15, -0.1) is 5.10 Å². The summed E-state index contributed by atoms with van der Waals surface area (Å²) in [6.45, 7) is 5.06. The van der Waals surface area contributed by atoms with E-state index in [1.165, 1.54) is 17.9 Å². The molecule has 0 saturated heterocycles. The Bertz CT molecular complexity index is 456. The van der Waals surface area contributed by atoms with Crippen molar-refractivity contribution in [3.8, 4) is 0 Å². The molecule has 90 valence electrons. The third-order valence-corrected chi connectivity index (χ3v) is 3.35. The first-order valence-electron chi connectivity index (χ1n) is 5.60. The van der Waals surface area contributed by atoms with Crippen LogP contribution in [0.1, 0.15) is 35.5 Å². The lowest BCUT2D eigenvalue weighted by Gasteiger charge is -2.16. The lowest BCUT2D eigenvalue weighted by Crippen LogP contribution is -2.23. The van der Waals surface area contributed by atoms with Crippen LogP contribution < -0.4 is 5.32 Å². The molecule has 0 radical (unpaired) electrons. The zero-order chi connectivity index (χ0) is 12.1. The summed E-state index contributed by atoms with van der Waals surface area (Å²) in [6, 6.07) is 0.0937. The molecule has 1 N–H and O–H groups in total. The number of rotatable bonds is 5. The molecular formula is C11H15N5S. The quantitative estimate of drug-likeness (QED) is 0.874. The van der Waals surface area contributed by atoms with Gasteiger partial charge in [0.2, 0.25) is 0 Å². The van der Waals surface area contributed by atoms with Crippen LogP contribution in [0.5, 0.6) is 0 Å². The van der Waals surface area contributed by atoms with Gasteiger partial charge in [-0.05, 0) is 31.4 Å². The van der Waals surface area contributed by atoms with Gasteiger partial charge in [-0.2, -0.15) is 0 Å². The maximum atomic E-state index is 4.07. The Morgan fingerprint density at radius 1 is 1.35 bits per heavy atom. The number of nitrogens with zero attached hydrogens (tertiary/aromatic N) is 4. The monoisotopic (exact) mass is 249 g/mol. The second-order valence-corrected chi connectivity index (χ2v) is 4.57. The lowest BCUT2D eigenvalue weighted by atomic mass is 10.1. The second-order valence-electron chi connectivity index (χ2n) is 3.78. The first kappa shape index (κ1) is 12.1. The maximum absolute atomic E-state index is 4.07. The van der Waals surface area contributed by atoms with Crippen molar-refractivity contribution in [1.82, 2.24) is 24.9 Å². The summed E-state index contributed by atoms with van der Waals surface area (Å²) < 4.78 is 3.99. The summed E-state index contributed by atoms with van der Waals surface area (Å²) >= 11 is 1.42. The zero-order valence-electron chi connectivity index (χ0n) is 9.92. The van der Waals surface area contributed by atoms with E-state index in [0.29, 0.717) is 0 Å². The SMILES string of the molecule is CCCNC(c1cncnc1)c1snnc1C. The van der Waals surface area contributed by atoms with E-state index in [1.807, 2.05) is 19.3 Å². The lowest BCUT2D eigenvalue weighted by molar-refractivity contribution is 0.599. The molecule has 0 saturated carbocycles. The van der Waals surface area contributed by atoms with Crippen LogP contribution in [0.25, 0.3) is 0 Å². The van der Waals surface area contributed by atoms with Crippen LogP contribution in [0.2, 0.25) is 0 Å². The van der Waals surface area contributed by atoms with Gasteiger partial charge in [0, 0.05) is 18.0 Å². The van der Waals surface area contributed by atoms with E-state index in [-0.39, 0.29) is 6.04 Å². The molecule has 0 amide bonds. The van der Waals surface area contributed by atoms with Gasteiger partial charge in [0.1, 0.15) is 6.33 Å². The summed E-state index contributed by atoms with van der Waals surface area (Å²) in [5.41, 5.74) is 2.02. The fourth-order valence-electron chi connectivity index (χ4n) is 1.61. The first-order valence-corrected chi connectivity index (χ1v) is 6.37. The molecule has 2 heterocycles. The summed E-state index contributed by atoms with van der Waals surface area (Å²) in [5, 5.41) is 7.54. The van der Waals surface area contributed by atoms with Crippen LogP contribution in [-0.4, -0.2) is 26.1 Å². The molecule has 0 aliphatic heterocycles. The van der Waals surface area contributed by atoms with Gasteiger partial charge in [-0.1, -0.05) is 11.4 Å². The van der Waals surface area contributed by atoms with E-state index in [2.05, 4.69) is 31.8 Å². The van der Waals surface area contributed by atoms with Crippen molar-refractivity contribution in [2.45, 2.75) is 26.3 Å². The van der Waals surface area contributed by atoms with Gasteiger partial charge >= 0.3 is 0 Å². The number of hydrogen-bond donors (Lipinski definition) is 1. The minimum Gasteiger partial charge on any atom is -0.305 e. The smallest absolute Gasteiger partial charge is 0.115 e. The summed E-state index contributed by atoms with van der Waals surface area (Å²) in [7, 11) is 0. The Balaban J connectivity index is 2.29. The maximum Gasteiger partial charge on any atom is 0.115 e. The van der Waals surface area contributed by atoms with Crippen LogP contribution in [-0.2, 0) is 0 Å². The molecule has 1 unspecified atom stereocenters. The third-order valence-electron chi connectivity index (χ3n) is 2.46. The van der Waals surface area contributed by atoms with Crippen molar-refractivity contribution in [2.24, 2.45) is 0 Å².